The second-order valence-electron chi connectivity index (χ2n) is 6.86. The molecule has 0 fully saturated rings. The Hall–Kier alpha value is -2.67. The molecule has 0 aliphatic carbocycles. The zero-order valence-corrected chi connectivity index (χ0v) is 17.9. The Labute approximate surface area is 182 Å². The molecular formula is C23H23ClN2O3S. The number of halogens is 1. The van der Waals surface area contributed by atoms with E-state index in [9.17, 15) is 13.2 Å². The number of amides is 1. The van der Waals surface area contributed by atoms with Crippen LogP contribution in [0.25, 0.3) is 0 Å². The number of nitrogens with one attached hydrogen (secondary N) is 2. The lowest BCUT2D eigenvalue weighted by atomic mass is 10.1. The molecule has 5 nitrogen and oxygen atoms in total. The molecule has 3 rings (SSSR count). The van der Waals surface area contributed by atoms with E-state index in [1.165, 1.54) is 0 Å². The Balaban J connectivity index is 1.47. The smallest absolute Gasteiger partial charge is 0.240 e. The zero-order chi connectivity index (χ0) is 21.4. The normalized spacial score (nSPS) is 11.2. The number of hydrogen-bond acceptors (Lipinski definition) is 3. The van der Waals surface area contributed by atoms with Gasteiger partial charge in [0.25, 0.3) is 0 Å². The maximum Gasteiger partial charge on any atom is 0.240 e. The Kier molecular flexibility index (Phi) is 7.63. The summed E-state index contributed by atoms with van der Waals surface area (Å²) in [5.41, 5.74) is 2.77. The van der Waals surface area contributed by atoms with Crippen LogP contribution < -0.4 is 10.0 Å². The van der Waals surface area contributed by atoms with Gasteiger partial charge in [-0.25, -0.2) is 13.1 Å². The highest BCUT2D eigenvalue weighted by atomic mass is 35.5. The van der Waals surface area contributed by atoms with Crippen molar-refractivity contribution in [3.05, 3.63) is 101 Å². The van der Waals surface area contributed by atoms with Gasteiger partial charge in [-0.05, 0) is 47.4 Å². The lowest BCUT2D eigenvalue weighted by Gasteiger charge is -2.08. The fourth-order valence-electron chi connectivity index (χ4n) is 2.84. The van der Waals surface area contributed by atoms with E-state index >= 15 is 0 Å². The fraction of sp³-hybridized carbons (Fsp3) is 0.174. The monoisotopic (exact) mass is 442 g/mol. The average molecular weight is 443 g/mol. The van der Waals surface area contributed by atoms with Crippen LogP contribution in [0.2, 0.25) is 5.02 Å². The second kappa shape index (κ2) is 10.4. The first-order valence-corrected chi connectivity index (χ1v) is 11.4. The molecule has 0 saturated heterocycles. The minimum Gasteiger partial charge on any atom is -0.352 e. The first-order chi connectivity index (χ1) is 14.4. The minimum atomic E-state index is -3.59. The second-order valence-corrected chi connectivity index (χ2v) is 9.06. The van der Waals surface area contributed by atoms with Crippen molar-refractivity contribution in [3.8, 4) is 0 Å². The van der Waals surface area contributed by atoms with E-state index in [0.29, 0.717) is 24.4 Å². The Morgan fingerprint density at radius 2 is 1.37 bits per heavy atom. The van der Waals surface area contributed by atoms with Gasteiger partial charge in [0.05, 0.1) is 4.90 Å². The molecule has 0 bridgehead atoms. The first-order valence-electron chi connectivity index (χ1n) is 9.56. The zero-order valence-electron chi connectivity index (χ0n) is 16.3. The largest absolute Gasteiger partial charge is 0.352 e. The number of carbonyl (C=O) groups is 1. The summed E-state index contributed by atoms with van der Waals surface area (Å²) < 4.78 is 27.5. The van der Waals surface area contributed by atoms with Crippen molar-refractivity contribution in [1.29, 1.82) is 0 Å². The summed E-state index contributed by atoms with van der Waals surface area (Å²) in [4.78, 5) is 12.3. The molecule has 3 aromatic carbocycles. The van der Waals surface area contributed by atoms with Crippen LogP contribution in [0.15, 0.2) is 83.8 Å². The third kappa shape index (κ3) is 6.69. The number of sulfonamides is 1. The summed E-state index contributed by atoms with van der Waals surface area (Å²) >= 11 is 5.85. The molecule has 2 N–H and O–H groups in total. The molecule has 0 radical (unpaired) electrons. The molecule has 0 saturated carbocycles. The highest BCUT2D eigenvalue weighted by Gasteiger charge is 2.13. The van der Waals surface area contributed by atoms with Crippen LogP contribution in [0.1, 0.15) is 23.1 Å². The molecule has 1 amide bonds. The number of carbonyl (C=O) groups excluding carboxylic acids is 1. The van der Waals surface area contributed by atoms with Crippen LogP contribution in [-0.4, -0.2) is 14.3 Å². The predicted octanol–water partition coefficient (Wildman–Crippen LogP) is 4.07. The van der Waals surface area contributed by atoms with Gasteiger partial charge in [-0.2, -0.15) is 0 Å². The van der Waals surface area contributed by atoms with Crippen LogP contribution in [0, 0.1) is 0 Å². The summed E-state index contributed by atoms with van der Waals surface area (Å²) in [6.07, 6.45) is 0.857. The van der Waals surface area contributed by atoms with Crippen molar-refractivity contribution in [2.24, 2.45) is 0 Å². The highest BCUT2D eigenvalue weighted by Crippen LogP contribution is 2.13. The number of benzene rings is 3. The molecule has 0 unspecified atom stereocenters. The Morgan fingerprint density at radius 1 is 0.767 bits per heavy atom. The van der Waals surface area contributed by atoms with Crippen LogP contribution in [0.5, 0.6) is 0 Å². The number of hydrogen-bond donors (Lipinski definition) is 2. The van der Waals surface area contributed by atoms with E-state index < -0.39 is 10.0 Å². The van der Waals surface area contributed by atoms with Crippen molar-refractivity contribution < 1.29 is 13.2 Å². The van der Waals surface area contributed by atoms with E-state index in [1.54, 1.807) is 36.4 Å². The van der Waals surface area contributed by atoms with Crippen LogP contribution in [-0.2, 0) is 34.3 Å². The summed E-state index contributed by atoms with van der Waals surface area (Å²) in [5.74, 6) is -0.0637. The van der Waals surface area contributed by atoms with Crippen LogP contribution in [0.4, 0.5) is 0 Å². The quantitative estimate of drug-likeness (QED) is 0.524. The van der Waals surface area contributed by atoms with Gasteiger partial charge < -0.3 is 5.32 Å². The lowest BCUT2D eigenvalue weighted by Crippen LogP contribution is -2.23. The van der Waals surface area contributed by atoms with Crippen molar-refractivity contribution in [2.75, 3.05) is 0 Å². The van der Waals surface area contributed by atoms with Gasteiger partial charge in [-0.1, -0.05) is 66.2 Å². The Morgan fingerprint density at radius 3 is 2.03 bits per heavy atom. The molecule has 0 heterocycles. The summed E-state index contributed by atoms with van der Waals surface area (Å²) in [7, 11) is -3.59. The van der Waals surface area contributed by atoms with Crippen molar-refractivity contribution in [2.45, 2.75) is 30.8 Å². The van der Waals surface area contributed by atoms with Crippen molar-refractivity contribution in [1.82, 2.24) is 10.0 Å². The van der Waals surface area contributed by atoms with Gasteiger partial charge in [0.15, 0.2) is 0 Å². The predicted molar refractivity (Wildman–Crippen MR) is 119 cm³/mol. The number of aryl methyl sites for hydroxylation is 1. The van der Waals surface area contributed by atoms with Crippen molar-refractivity contribution >= 4 is 27.5 Å². The van der Waals surface area contributed by atoms with E-state index in [2.05, 4.69) is 10.0 Å². The first kappa shape index (κ1) is 22.0. The maximum absolute atomic E-state index is 12.4. The lowest BCUT2D eigenvalue weighted by molar-refractivity contribution is -0.121. The molecular weight excluding hydrogens is 420 g/mol. The topological polar surface area (TPSA) is 75.3 Å². The highest BCUT2D eigenvalue weighted by molar-refractivity contribution is 7.89. The number of rotatable bonds is 9. The standard InChI is InChI=1S/C23H23ClN2O3S/c24-21-11-6-20(7-12-21)16-25-23(27)15-10-18-8-13-22(14-9-18)30(28,29)26-17-19-4-2-1-3-5-19/h1-9,11-14,26H,10,15-17H2,(H,25,27). The fourth-order valence-corrected chi connectivity index (χ4v) is 3.99. The van der Waals surface area contributed by atoms with E-state index in [1.807, 2.05) is 42.5 Å². The molecule has 0 aliphatic heterocycles. The molecule has 7 heteroatoms. The molecule has 0 spiro atoms. The maximum atomic E-state index is 12.4. The third-order valence-corrected chi connectivity index (χ3v) is 6.26. The minimum absolute atomic E-state index is 0.0637. The van der Waals surface area contributed by atoms with Gasteiger partial charge >= 0.3 is 0 Å². The molecule has 0 aliphatic rings. The third-order valence-electron chi connectivity index (χ3n) is 4.59. The van der Waals surface area contributed by atoms with Gasteiger partial charge in [-0.3, -0.25) is 4.79 Å². The van der Waals surface area contributed by atoms with Gasteiger partial charge in [-0.15, -0.1) is 0 Å². The SMILES string of the molecule is O=C(CCc1ccc(S(=O)(=O)NCc2ccccc2)cc1)NCc1ccc(Cl)cc1. The molecule has 30 heavy (non-hydrogen) atoms. The van der Waals surface area contributed by atoms with E-state index in [-0.39, 0.29) is 17.3 Å². The van der Waals surface area contributed by atoms with E-state index in [4.69, 9.17) is 11.6 Å². The van der Waals surface area contributed by atoms with Crippen LogP contribution >= 0.6 is 11.6 Å². The molecule has 156 valence electrons. The molecule has 0 atom stereocenters. The summed E-state index contributed by atoms with van der Waals surface area (Å²) in [5, 5.41) is 3.53. The Bertz CT molecular complexity index is 1070. The molecule has 3 aromatic rings. The van der Waals surface area contributed by atoms with Crippen molar-refractivity contribution in [3.63, 3.8) is 0 Å². The van der Waals surface area contributed by atoms with Crippen LogP contribution in [0.3, 0.4) is 0 Å². The summed E-state index contributed by atoms with van der Waals surface area (Å²) in [6, 6.07) is 23.3. The summed E-state index contributed by atoms with van der Waals surface area (Å²) in [6.45, 7) is 0.680. The average Bonchev–Trinajstić information content (AvgIpc) is 2.77. The molecule has 0 aromatic heterocycles. The van der Waals surface area contributed by atoms with Gasteiger partial charge in [0.1, 0.15) is 0 Å². The van der Waals surface area contributed by atoms with E-state index in [0.717, 1.165) is 16.7 Å². The van der Waals surface area contributed by atoms with Gasteiger partial charge in [0, 0.05) is 24.5 Å². The van der Waals surface area contributed by atoms with Gasteiger partial charge in [0.2, 0.25) is 15.9 Å².